The zero-order valence-corrected chi connectivity index (χ0v) is 10.6. The van der Waals surface area contributed by atoms with E-state index >= 15 is 0 Å². The molecule has 0 aliphatic heterocycles. The fraction of sp³-hybridized carbons (Fsp3) is 0.733. The third kappa shape index (κ3) is 1.31. The number of rotatable bonds is 3. The molecular weight excluding hydrogens is 210 g/mol. The lowest BCUT2D eigenvalue weighted by atomic mass is 9.96. The Bertz CT molecular complexity index is 422. The van der Waals surface area contributed by atoms with E-state index in [0.717, 1.165) is 41.1 Å². The van der Waals surface area contributed by atoms with Gasteiger partial charge in [0.1, 0.15) is 11.5 Å². The summed E-state index contributed by atoms with van der Waals surface area (Å²) in [4.78, 5) is 0. The molecule has 1 aromatic heterocycles. The van der Waals surface area contributed by atoms with Crippen LogP contribution in [0.4, 0.5) is 0 Å². The SMILES string of the molecule is CNC(c1ccc(C)o1)C1C2C3CCC(C3)C21. The minimum absolute atomic E-state index is 0.460. The van der Waals surface area contributed by atoms with Gasteiger partial charge in [-0.05, 0) is 75.0 Å². The standard InChI is InChI=1S/C15H21NO/c1-8-3-6-11(17-8)15(16-2)14-12-9-4-5-10(7-9)13(12)14/h3,6,9-10,12-16H,4-5,7H2,1-2H3. The molecule has 4 rings (SSSR count). The average molecular weight is 231 g/mol. The maximum absolute atomic E-state index is 5.83. The number of aryl methyl sites for hydroxylation is 1. The second-order valence-corrected chi connectivity index (χ2v) is 6.28. The van der Waals surface area contributed by atoms with Crippen molar-refractivity contribution >= 4 is 0 Å². The Morgan fingerprint density at radius 3 is 2.47 bits per heavy atom. The highest BCUT2D eigenvalue weighted by atomic mass is 16.3. The summed E-state index contributed by atoms with van der Waals surface area (Å²) in [5, 5.41) is 3.50. The van der Waals surface area contributed by atoms with Crippen LogP contribution >= 0.6 is 0 Å². The lowest BCUT2D eigenvalue weighted by Gasteiger charge is -2.17. The molecule has 3 fully saturated rings. The molecule has 92 valence electrons. The van der Waals surface area contributed by atoms with E-state index in [0.29, 0.717) is 6.04 Å². The fourth-order valence-corrected chi connectivity index (χ4v) is 4.98. The van der Waals surface area contributed by atoms with E-state index in [2.05, 4.69) is 24.5 Å². The molecule has 0 radical (unpaired) electrons. The molecule has 1 heterocycles. The average Bonchev–Trinajstić information content (AvgIpc) is 2.73. The Kier molecular flexibility index (Phi) is 2.03. The molecule has 3 saturated carbocycles. The lowest BCUT2D eigenvalue weighted by molar-refractivity contribution is 0.333. The third-order valence-corrected chi connectivity index (χ3v) is 5.56. The Balaban J connectivity index is 1.59. The van der Waals surface area contributed by atoms with E-state index < -0.39 is 0 Å². The molecule has 1 aromatic rings. The molecule has 1 N–H and O–H groups in total. The van der Waals surface area contributed by atoms with Crippen LogP contribution in [0, 0.1) is 36.5 Å². The van der Waals surface area contributed by atoms with Gasteiger partial charge in [-0.1, -0.05) is 0 Å². The maximum Gasteiger partial charge on any atom is 0.121 e. The van der Waals surface area contributed by atoms with E-state index in [1.165, 1.54) is 19.3 Å². The highest BCUT2D eigenvalue weighted by Gasteiger charge is 2.67. The monoisotopic (exact) mass is 231 g/mol. The van der Waals surface area contributed by atoms with Crippen LogP contribution in [0.5, 0.6) is 0 Å². The molecular formula is C15H21NO. The van der Waals surface area contributed by atoms with Crippen molar-refractivity contribution < 1.29 is 4.42 Å². The number of hydrogen-bond donors (Lipinski definition) is 1. The molecule has 0 saturated heterocycles. The highest BCUT2D eigenvalue weighted by Crippen LogP contribution is 2.72. The summed E-state index contributed by atoms with van der Waals surface area (Å²) in [5.74, 6) is 7.16. The summed E-state index contributed by atoms with van der Waals surface area (Å²) in [7, 11) is 2.08. The lowest BCUT2D eigenvalue weighted by Crippen LogP contribution is -2.21. The first-order chi connectivity index (χ1) is 8.29. The van der Waals surface area contributed by atoms with Crippen LogP contribution in [0.2, 0.25) is 0 Å². The maximum atomic E-state index is 5.83. The molecule has 5 unspecified atom stereocenters. The summed E-state index contributed by atoms with van der Waals surface area (Å²) < 4.78 is 5.83. The highest BCUT2D eigenvalue weighted by molar-refractivity contribution is 5.21. The van der Waals surface area contributed by atoms with Gasteiger partial charge in [-0.2, -0.15) is 0 Å². The van der Waals surface area contributed by atoms with Crippen LogP contribution < -0.4 is 5.32 Å². The van der Waals surface area contributed by atoms with Gasteiger partial charge in [0.05, 0.1) is 6.04 Å². The fourth-order valence-electron chi connectivity index (χ4n) is 4.98. The molecule has 0 amide bonds. The molecule has 17 heavy (non-hydrogen) atoms. The summed E-state index contributed by atoms with van der Waals surface area (Å²) in [6, 6.07) is 4.71. The molecule has 5 atom stereocenters. The summed E-state index contributed by atoms with van der Waals surface area (Å²) >= 11 is 0. The van der Waals surface area contributed by atoms with Crippen LogP contribution in [0.25, 0.3) is 0 Å². The van der Waals surface area contributed by atoms with Crippen molar-refractivity contribution in [3.05, 3.63) is 23.7 Å². The molecule has 2 bridgehead atoms. The number of hydrogen-bond acceptors (Lipinski definition) is 2. The van der Waals surface area contributed by atoms with Crippen molar-refractivity contribution in [3.8, 4) is 0 Å². The quantitative estimate of drug-likeness (QED) is 0.864. The van der Waals surface area contributed by atoms with Crippen molar-refractivity contribution in [3.63, 3.8) is 0 Å². The summed E-state index contributed by atoms with van der Waals surface area (Å²) in [6.45, 7) is 2.04. The van der Waals surface area contributed by atoms with Crippen LogP contribution in [0.1, 0.15) is 36.8 Å². The van der Waals surface area contributed by atoms with Gasteiger partial charge in [0.2, 0.25) is 0 Å². The largest absolute Gasteiger partial charge is 0.465 e. The molecule has 0 spiro atoms. The van der Waals surface area contributed by atoms with Crippen molar-refractivity contribution in [2.24, 2.45) is 29.6 Å². The minimum Gasteiger partial charge on any atom is -0.465 e. The molecule has 3 aliphatic rings. The number of nitrogens with one attached hydrogen (secondary N) is 1. The van der Waals surface area contributed by atoms with Crippen molar-refractivity contribution in [1.29, 1.82) is 0 Å². The zero-order valence-electron chi connectivity index (χ0n) is 10.6. The van der Waals surface area contributed by atoms with E-state index in [-0.39, 0.29) is 0 Å². The predicted octanol–water partition coefficient (Wildman–Crippen LogP) is 3.14. The molecule has 0 aromatic carbocycles. The van der Waals surface area contributed by atoms with Crippen LogP contribution in [0.15, 0.2) is 16.5 Å². The second-order valence-electron chi connectivity index (χ2n) is 6.28. The van der Waals surface area contributed by atoms with Gasteiger partial charge in [-0.25, -0.2) is 0 Å². The van der Waals surface area contributed by atoms with Gasteiger partial charge in [0.15, 0.2) is 0 Å². The predicted molar refractivity (Wildman–Crippen MR) is 66.5 cm³/mol. The minimum atomic E-state index is 0.460. The molecule has 2 nitrogen and oxygen atoms in total. The van der Waals surface area contributed by atoms with Crippen molar-refractivity contribution in [2.45, 2.75) is 32.2 Å². The van der Waals surface area contributed by atoms with Gasteiger partial charge >= 0.3 is 0 Å². The molecule has 3 aliphatic carbocycles. The van der Waals surface area contributed by atoms with Gasteiger partial charge < -0.3 is 9.73 Å². The second kappa shape index (κ2) is 3.38. The Morgan fingerprint density at radius 2 is 1.94 bits per heavy atom. The normalized spacial score (nSPS) is 43.8. The Morgan fingerprint density at radius 1 is 1.24 bits per heavy atom. The third-order valence-electron chi connectivity index (χ3n) is 5.56. The van der Waals surface area contributed by atoms with Gasteiger partial charge in [-0.15, -0.1) is 0 Å². The van der Waals surface area contributed by atoms with Crippen LogP contribution in [0.3, 0.4) is 0 Å². The van der Waals surface area contributed by atoms with Gasteiger partial charge in [0, 0.05) is 0 Å². The molecule has 2 heteroatoms. The van der Waals surface area contributed by atoms with Gasteiger partial charge in [-0.3, -0.25) is 0 Å². The van der Waals surface area contributed by atoms with Crippen LogP contribution in [-0.2, 0) is 0 Å². The number of furan rings is 1. The van der Waals surface area contributed by atoms with E-state index in [1.54, 1.807) is 0 Å². The van der Waals surface area contributed by atoms with E-state index in [4.69, 9.17) is 4.42 Å². The first kappa shape index (κ1) is 10.2. The summed E-state index contributed by atoms with van der Waals surface area (Å²) in [5.41, 5.74) is 0. The van der Waals surface area contributed by atoms with Crippen LogP contribution in [-0.4, -0.2) is 7.05 Å². The number of fused-ring (bicyclic) bond motifs is 5. The smallest absolute Gasteiger partial charge is 0.121 e. The topological polar surface area (TPSA) is 25.2 Å². The Hall–Kier alpha value is -0.760. The first-order valence-corrected chi connectivity index (χ1v) is 7.03. The Labute approximate surface area is 103 Å². The van der Waals surface area contributed by atoms with E-state index in [9.17, 15) is 0 Å². The first-order valence-electron chi connectivity index (χ1n) is 7.03. The van der Waals surface area contributed by atoms with Crippen molar-refractivity contribution in [2.75, 3.05) is 7.05 Å². The zero-order chi connectivity index (χ0) is 11.6. The van der Waals surface area contributed by atoms with Gasteiger partial charge in [0.25, 0.3) is 0 Å². The van der Waals surface area contributed by atoms with Crippen molar-refractivity contribution in [1.82, 2.24) is 5.32 Å². The summed E-state index contributed by atoms with van der Waals surface area (Å²) in [6.07, 6.45) is 4.52. The van der Waals surface area contributed by atoms with E-state index in [1.807, 2.05) is 6.92 Å².